The van der Waals surface area contributed by atoms with Gasteiger partial charge in [-0.1, -0.05) is 30.3 Å². The molecule has 1 atom stereocenters. The van der Waals surface area contributed by atoms with Gasteiger partial charge in [-0.3, -0.25) is 9.59 Å². The molecule has 0 aromatic heterocycles. The first-order chi connectivity index (χ1) is 13.6. The van der Waals surface area contributed by atoms with Gasteiger partial charge in [0, 0.05) is 28.9 Å². The number of fused-ring (bicyclic) bond motifs is 1. The van der Waals surface area contributed by atoms with Crippen molar-refractivity contribution in [2.45, 2.75) is 12.3 Å². The molecule has 0 aliphatic carbocycles. The molecule has 1 N–H and O–H groups in total. The topological polar surface area (TPSA) is 80.2 Å². The number of benzene rings is 2. The number of rotatable bonds is 5. The quantitative estimate of drug-likeness (QED) is 0.568. The molecule has 28 heavy (non-hydrogen) atoms. The number of carbonyl (C=O) groups is 2. The summed E-state index contributed by atoms with van der Waals surface area (Å²) in [7, 11) is 0. The van der Waals surface area contributed by atoms with Crippen molar-refractivity contribution in [2.24, 2.45) is 5.10 Å². The van der Waals surface area contributed by atoms with Crippen LogP contribution >= 0.6 is 15.9 Å². The summed E-state index contributed by atoms with van der Waals surface area (Å²) in [4.78, 5) is 26.0. The van der Waals surface area contributed by atoms with Gasteiger partial charge >= 0.3 is 0 Å². The molecule has 4 rings (SSSR count). The molecule has 2 aliphatic heterocycles. The number of nitrogens with zero attached hydrogens (tertiary/aromatic N) is 2. The third-order valence-corrected chi connectivity index (χ3v) is 5.39. The van der Waals surface area contributed by atoms with Gasteiger partial charge in [0.05, 0.1) is 6.21 Å². The lowest BCUT2D eigenvalue weighted by molar-refractivity contribution is -0.133. The minimum atomic E-state index is -0.338. The van der Waals surface area contributed by atoms with Crippen molar-refractivity contribution in [3.05, 3.63) is 58.1 Å². The molecule has 2 heterocycles. The maximum atomic E-state index is 12.2. The Bertz CT molecular complexity index is 933. The first-order valence-corrected chi connectivity index (χ1v) is 9.63. The number of hydrazone groups is 1. The molecular formula is C20H18BrN3O4. The van der Waals surface area contributed by atoms with Crippen LogP contribution in [0.25, 0.3) is 0 Å². The average molecular weight is 444 g/mol. The highest BCUT2D eigenvalue weighted by atomic mass is 79.9. The highest BCUT2D eigenvalue weighted by Gasteiger charge is 2.31. The normalized spacial score (nSPS) is 18.1. The number of likely N-dealkylation sites (tertiary alicyclic amines) is 1. The van der Waals surface area contributed by atoms with E-state index in [-0.39, 0.29) is 31.1 Å². The summed E-state index contributed by atoms with van der Waals surface area (Å²) in [6, 6.07) is 13.4. The van der Waals surface area contributed by atoms with Crippen molar-refractivity contribution in [3.63, 3.8) is 0 Å². The van der Waals surface area contributed by atoms with E-state index in [4.69, 9.17) is 9.47 Å². The minimum absolute atomic E-state index is 0.0121. The largest absolute Gasteiger partial charge is 0.454 e. The van der Waals surface area contributed by atoms with Gasteiger partial charge in [-0.05, 0) is 33.6 Å². The summed E-state index contributed by atoms with van der Waals surface area (Å²) in [6.07, 6.45) is 1.94. The second-order valence-electron chi connectivity index (χ2n) is 6.61. The van der Waals surface area contributed by atoms with E-state index in [1.54, 1.807) is 17.0 Å². The number of carbonyl (C=O) groups excluding carboxylic acids is 2. The van der Waals surface area contributed by atoms with Crippen molar-refractivity contribution in [3.8, 4) is 11.5 Å². The van der Waals surface area contributed by atoms with Gasteiger partial charge in [0.1, 0.15) is 6.54 Å². The van der Waals surface area contributed by atoms with Crippen molar-refractivity contribution in [1.29, 1.82) is 0 Å². The van der Waals surface area contributed by atoms with Crippen LogP contribution in [0.15, 0.2) is 52.0 Å². The molecule has 1 fully saturated rings. The molecule has 0 spiro atoms. The van der Waals surface area contributed by atoms with E-state index >= 15 is 0 Å². The zero-order chi connectivity index (χ0) is 19.5. The van der Waals surface area contributed by atoms with Crippen LogP contribution in [0.4, 0.5) is 0 Å². The van der Waals surface area contributed by atoms with Crippen LogP contribution in [0.1, 0.15) is 23.5 Å². The van der Waals surface area contributed by atoms with Crippen LogP contribution < -0.4 is 14.9 Å². The predicted octanol–water partition coefficient (Wildman–Crippen LogP) is 2.64. The molecular weight excluding hydrogens is 426 g/mol. The molecule has 7 nitrogen and oxygen atoms in total. The van der Waals surface area contributed by atoms with Crippen molar-refractivity contribution in [2.75, 3.05) is 19.9 Å². The summed E-state index contributed by atoms with van der Waals surface area (Å²) >= 11 is 3.43. The summed E-state index contributed by atoms with van der Waals surface area (Å²) in [5, 5.41) is 3.98. The van der Waals surface area contributed by atoms with Crippen molar-refractivity contribution < 1.29 is 19.1 Å². The molecule has 0 saturated carbocycles. The van der Waals surface area contributed by atoms with E-state index in [0.29, 0.717) is 24.5 Å². The molecule has 0 radical (unpaired) electrons. The molecule has 2 aromatic rings. The molecule has 2 amide bonds. The van der Waals surface area contributed by atoms with E-state index in [2.05, 4.69) is 26.5 Å². The molecule has 8 heteroatoms. The number of halogens is 1. The van der Waals surface area contributed by atoms with E-state index < -0.39 is 0 Å². The van der Waals surface area contributed by atoms with Gasteiger partial charge in [0.25, 0.3) is 5.91 Å². The standard InChI is InChI=1S/C20H18BrN3O4/c21-16-8-18-17(27-12-28-18)6-14(16)9-22-23-19(25)11-24-10-15(7-20(24)26)13-4-2-1-3-5-13/h1-6,8-9,15H,7,10-12H2,(H,23,25)/b22-9-/t15-/m1/s1. The Morgan fingerprint density at radius 2 is 2.00 bits per heavy atom. The lowest BCUT2D eigenvalue weighted by Gasteiger charge is -2.15. The van der Waals surface area contributed by atoms with E-state index in [1.165, 1.54) is 6.21 Å². The highest BCUT2D eigenvalue weighted by molar-refractivity contribution is 9.10. The highest BCUT2D eigenvalue weighted by Crippen LogP contribution is 2.36. The number of nitrogens with one attached hydrogen (secondary N) is 1. The van der Waals surface area contributed by atoms with Crippen molar-refractivity contribution in [1.82, 2.24) is 10.3 Å². The van der Waals surface area contributed by atoms with Crippen LogP contribution in [0.5, 0.6) is 11.5 Å². The molecule has 0 unspecified atom stereocenters. The molecule has 2 aromatic carbocycles. The predicted molar refractivity (Wildman–Crippen MR) is 106 cm³/mol. The smallest absolute Gasteiger partial charge is 0.259 e. The number of hydrogen-bond acceptors (Lipinski definition) is 5. The maximum Gasteiger partial charge on any atom is 0.259 e. The zero-order valence-electron chi connectivity index (χ0n) is 14.9. The summed E-state index contributed by atoms with van der Waals surface area (Å²) in [5.41, 5.74) is 4.33. The van der Waals surface area contributed by atoms with E-state index in [0.717, 1.165) is 15.6 Å². The Morgan fingerprint density at radius 1 is 1.25 bits per heavy atom. The number of ether oxygens (including phenoxy) is 2. The first-order valence-electron chi connectivity index (χ1n) is 8.84. The second kappa shape index (κ2) is 8.02. The fourth-order valence-electron chi connectivity index (χ4n) is 3.29. The fraction of sp³-hybridized carbons (Fsp3) is 0.250. The van der Waals surface area contributed by atoms with E-state index in [1.807, 2.05) is 30.3 Å². The zero-order valence-corrected chi connectivity index (χ0v) is 16.5. The number of amides is 2. The Labute approximate surface area is 170 Å². The van der Waals surface area contributed by atoms with Gasteiger partial charge in [-0.25, -0.2) is 5.43 Å². The maximum absolute atomic E-state index is 12.2. The monoisotopic (exact) mass is 443 g/mol. The Balaban J connectivity index is 1.32. The molecule has 1 saturated heterocycles. The molecule has 2 aliphatic rings. The first kappa shape index (κ1) is 18.5. The Kier molecular flexibility index (Phi) is 5.29. The molecule has 144 valence electrons. The minimum Gasteiger partial charge on any atom is -0.454 e. The van der Waals surface area contributed by atoms with Gasteiger partial charge in [0.2, 0.25) is 12.7 Å². The van der Waals surface area contributed by atoms with Crippen LogP contribution in [-0.2, 0) is 9.59 Å². The van der Waals surface area contributed by atoms with Crippen LogP contribution in [0.2, 0.25) is 0 Å². The Hall–Kier alpha value is -2.87. The third-order valence-electron chi connectivity index (χ3n) is 4.70. The third kappa shape index (κ3) is 4.01. The fourth-order valence-corrected chi connectivity index (χ4v) is 3.71. The van der Waals surface area contributed by atoms with Crippen LogP contribution in [0, 0.1) is 0 Å². The summed E-state index contributed by atoms with van der Waals surface area (Å²) in [6.45, 7) is 0.711. The summed E-state index contributed by atoms with van der Waals surface area (Å²) in [5.74, 6) is 1.05. The van der Waals surface area contributed by atoms with Gasteiger partial charge in [-0.15, -0.1) is 0 Å². The second-order valence-corrected chi connectivity index (χ2v) is 7.46. The van der Waals surface area contributed by atoms with Crippen LogP contribution in [-0.4, -0.2) is 42.8 Å². The van der Waals surface area contributed by atoms with E-state index in [9.17, 15) is 9.59 Å². The van der Waals surface area contributed by atoms with Crippen LogP contribution in [0.3, 0.4) is 0 Å². The lowest BCUT2D eigenvalue weighted by Crippen LogP contribution is -2.36. The lowest BCUT2D eigenvalue weighted by atomic mass is 9.99. The molecule has 0 bridgehead atoms. The SMILES string of the molecule is O=C(CN1C[C@H](c2ccccc2)CC1=O)N/N=C\c1cc2c(cc1Br)OCO2. The van der Waals surface area contributed by atoms with Gasteiger partial charge in [-0.2, -0.15) is 5.10 Å². The average Bonchev–Trinajstić information content (AvgIpc) is 3.29. The van der Waals surface area contributed by atoms with Gasteiger partial charge in [0.15, 0.2) is 11.5 Å². The van der Waals surface area contributed by atoms with Gasteiger partial charge < -0.3 is 14.4 Å². The number of hydrogen-bond donors (Lipinski definition) is 1. The Morgan fingerprint density at radius 3 is 2.79 bits per heavy atom. The summed E-state index contributed by atoms with van der Waals surface area (Å²) < 4.78 is 11.4. The van der Waals surface area contributed by atoms with Crippen molar-refractivity contribution >= 4 is 34.0 Å².